The fourth-order valence-electron chi connectivity index (χ4n) is 1.82. The van der Waals surface area contributed by atoms with Crippen LogP contribution in [0, 0.1) is 13.8 Å². The largest absolute Gasteiger partial charge is 0.0835 e. The van der Waals surface area contributed by atoms with E-state index in [-0.39, 0.29) is 0 Å². The molecule has 0 aliphatic rings. The minimum Gasteiger partial charge on any atom is -0.0835 e. The highest BCUT2D eigenvalue weighted by atomic mass is 79.9. The standard InChI is InChI=1S/C16H17Br/c1-12-3-7-14(8-4-12)11-16(17)15-9-5-13(2)6-10-15/h3-10,16H,11H2,1-2H3. The molecule has 0 aliphatic carbocycles. The molecule has 0 nitrogen and oxygen atoms in total. The molecule has 0 saturated heterocycles. The molecule has 2 aromatic carbocycles. The van der Waals surface area contributed by atoms with Crippen LogP contribution in [-0.4, -0.2) is 0 Å². The first-order valence-corrected chi connectivity index (χ1v) is 6.83. The van der Waals surface area contributed by atoms with Crippen LogP contribution in [0.2, 0.25) is 0 Å². The molecule has 0 fully saturated rings. The van der Waals surface area contributed by atoms with Gasteiger partial charge in [-0.25, -0.2) is 0 Å². The summed E-state index contributed by atoms with van der Waals surface area (Å²) in [6, 6.07) is 17.5. The summed E-state index contributed by atoms with van der Waals surface area (Å²) in [6.45, 7) is 4.24. The molecule has 1 atom stereocenters. The number of benzene rings is 2. The summed E-state index contributed by atoms with van der Waals surface area (Å²) in [4.78, 5) is 0.394. The van der Waals surface area contributed by atoms with Crippen LogP contribution >= 0.6 is 15.9 Å². The van der Waals surface area contributed by atoms with Crippen molar-refractivity contribution in [1.82, 2.24) is 0 Å². The van der Waals surface area contributed by atoms with E-state index in [4.69, 9.17) is 0 Å². The Morgan fingerprint density at radius 3 is 1.82 bits per heavy atom. The Kier molecular flexibility index (Phi) is 4.01. The summed E-state index contributed by atoms with van der Waals surface area (Å²) < 4.78 is 0. The summed E-state index contributed by atoms with van der Waals surface area (Å²) in [5.74, 6) is 0. The van der Waals surface area contributed by atoms with Gasteiger partial charge in [-0.3, -0.25) is 0 Å². The van der Waals surface area contributed by atoms with E-state index in [1.54, 1.807) is 0 Å². The SMILES string of the molecule is Cc1ccc(CC(Br)c2ccc(C)cc2)cc1. The highest BCUT2D eigenvalue weighted by Gasteiger charge is 2.07. The summed E-state index contributed by atoms with van der Waals surface area (Å²) in [6.07, 6.45) is 1.03. The molecule has 0 spiro atoms. The molecule has 1 heteroatoms. The molecule has 0 heterocycles. The first kappa shape index (κ1) is 12.4. The van der Waals surface area contributed by atoms with Gasteiger partial charge in [0.15, 0.2) is 0 Å². The van der Waals surface area contributed by atoms with Gasteiger partial charge in [0.25, 0.3) is 0 Å². The van der Waals surface area contributed by atoms with Gasteiger partial charge in [0.1, 0.15) is 0 Å². The van der Waals surface area contributed by atoms with E-state index in [2.05, 4.69) is 78.3 Å². The van der Waals surface area contributed by atoms with Crippen molar-refractivity contribution in [3.8, 4) is 0 Å². The Morgan fingerprint density at radius 2 is 1.29 bits per heavy atom. The van der Waals surface area contributed by atoms with E-state index in [9.17, 15) is 0 Å². The van der Waals surface area contributed by atoms with Crippen LogP contribution in [-0.2, 0) is 6.42 Å². The van der Waals surface area contributed by atoms with E-state index in [0.717, 1.165) is 6.42 Å². The predicted molar refractivity (Wildman–Crippen MR) is 77.7 cm³/mol. The average molecular weight is 289 g/mol. The Balaban J connectivity index is 2.08. The van der Waals surface area contributed by atoms with Gasteiger partial charge in [-0.1, -0.05) is 75.6 Å². The lowest BCUT2D eigenvalue weighted by Gasteiger charge is -2.11. The summed E-state index contributed by atoms with van der Waals surface area (Å²) in [7, 11) is 0. The zero-order valence-corrected chi connectivity index (χ0v) is 11.9. The fraction of sp³-hybridized carbons (Fsp3) is 0.250. The van der Waals surface area contributed by atoms with Gasteiger partial charge in [-0.15, -0.1) is 0 Å². The van der Waals surface area contributed by atoms with Crippen LogP contribution in [0.1, 0.15) is 27.1 Å². The Hall–Kier alpha value is -1.08. The van der Waals surface area contributed by atoms with Gasteiger partial charge in [0, 0.05) is 4.83 Å². The smallest absolute Gasteiger partial charge is 0.0435 e. The summed E-state index contributed by atoms with van der Waals surface area (Å²) >= 11 is 3.77. The second kappa shape index (κ2) is 5.50. The number of halogens is 1. The lowest BCUT2D eigenvalue weighted by Crippen LogP contribution is -1.95. The van der Waals surface area contributed by atoms with E-state index in [0.29, 0.717) is 4.83 Å². The number of hydrogen-bond acceptors (Lipinski definition) is 0. The van der Waals surface area contributed by atoms with E-state index < -0.39 is 0 Å². The molecule has 1 unspecified atom stereocenters. The topological polar surface area (TPSA) is 0 Å². The summed E-state index contributed by atoms with van der Waals surface area (Å²) in [5.41, 5.74) is 5.34. The fourth-order valence-corrected chi connectivity index (χ4v) is 2.50. The lowest BCUT2D eigenvalue weighted by molar-refractivity contribution is 0.947. The molecule has 0 N–H and O–H groups in total. The van der Waals surface area contributed by atoms with Gasteiger partial charge in [-0.05, 0) is 31.4 Å². The maximum atomic E-state index is 3.77. The van der Waals surface area contributed by atoms with Crippen LogP contribution in [0.25, 0.3) is 0 Å². The Bertz CT molecular complexity index is 468. The number of aryl methyl sites for hydroxylation is 2. The van der Waals surface area contributed by atoms with Gasteiger partial charge < -0.3 is 0 Å². The number of rotatable bonds is 3. The third kappa shape index (κ3) is 3.44. The molecule has 88 valence electrons. The molecule has 0 saturated carbocycles. The quantitative estimate of drug-likeness (QED) is 0.699. The van der Waals surface area contributed by atoms with E-state index in [1.807, 2.05) is 0 Å². The third-order valence-corrected chi connectivity index (χ3v) is 3.83. The number of hydrogen-bond donors (Lipinski definition) is 0. The minimum atomic E-state index is 0.394. The molecule has 0 aromatic heterocycles. The maximum absolute atomic E-state index is 3.77. The zero-order valence-electron chi connectivity index (χ0n) is 10.3. The third-order valence-electron chi connectivity index (χ3n) is 2.97. The van der Waals surface area contributed by atoms with Crippen molar-refractivity contribution in [3.05, 3.63) is 70.8 Å². The average Bonchev–Trinajstić information content (AvgIpc) is 2.33. The minimum absolute atomic E-state index is 0.394. The highest BCUT2D eigenvalue weighted by molar-refractivity contribution is 9.09. The Labute approximate surface area is 112 Å². The van der Waals surface area contributed by atoms with Gasteiger partial charge >= 0.3 is 0 Å². The van der Waals surface area contributed by atoms with Gasteiger partial charge in [-0.2, -0.15) is 0 Å². The van der Waals surface area contributed by atoms with Crippen LogP contribution in [0.3, 0.4) is 0 Å². The van der Waals surface area contributed by atoms with Crippen molar-refractivity contribution in [2.75, 3.05) is 0 Å². The molecular formula is C16H17Br. The molecule has 2 rings (SSSR count). The van der Waals surface area contributed by atoms with Crippen LogP contribution in [0.15, 0.2) is 48.5 Å². The van der Waals surface area contributed by atoms with Crippen molar-refractivity contribution < 1.29 is 0 Å². The normalized spacial score (nSPS) is 12.4. The molecular weight excluding hydrogens is 272 g/mol. The maximum Gasteiger partial charge on any atom is 0.0435 e. The van der Waals surface area contributed by atoms with Gasteiger partial charge in [0.2, 0.25) is 0 Å². The number of alkyl halides is 1. The highest BCUT2D eigenvalue weighted by Crippen LogP contribution is 2.27. The molecule has 0 amide bonds. The molecule has 17 heavy (non-hydrogen) atoms. The van der Waals surface area contributed by atoms with Crippen molar-refractivity contribution in [1.29, 1.82) is 0 Å². The second-order valence-electron chi connectivity index (χ2n) is 4.57. The molecule has 0 aliphatic heterocycles. The molecule has 2 aromatic rings. The van der Waals surface area contributed by atoms with Crippen molar-refractivity contribution in [2.24, 2.45) is 0 Å². The van der Waals surface area contributed by atoms with E-state index >= 15 is 0 Å². The monoisotopic (exact) mass is 288 g/mol. The van der Waals surface area contributed by atoms with Crippen LogP contribution < -0.4 is 0 Å². The first-order valence-electron chi connectivity index (χ1n) is 5.91. The summed E-state index contributed by atoms with van der Waals surface area (Å²) in [5, 5.41) is 0. The van der Waals surface area contributed by atoms with Crippen molar-refractivity contribution >= 4 is 15.9 Å². The molecule has 0 bridgehead atoms. The van der Waals surface area contributed by atoms with Crippen LogP contribution in [0.4, 0.5) is 0 Å². The second-order valence-corrected chi connectivity index (χ2v) is 5.67. The van der Waals surface area contributed by atoms with Crippen molar-refractivity contribution in [2.45, 2.75) is 25.1 Å². The van der Waals surface area contributed by atoms with E-state index in [1.165, 1.54) is 22.3 Å². The molecule has 0 radical (unpaired) electrons. The van der Waals surface area contributed by atoms with Crippen LogP contribution in [0.5, 0.6) is 0 Å². The predicted octanol–water partition coefficient (Wildman–Crippen LogP) is 4.98. The first-order chi connectivity index (χ1) is 8.15. The zero-order chi connectivity index (χ0) is 12.3. The lowest BCUT2D eigenvalue weighted by atomic mass is 10.0. The Morgan fingerprint density at radius 1 is 0.824 bits per heavy atom. The van der Waals surface area contributed by atoms with Crippen molar-refractivity contribution in [3.63, 3.8) is 0 Å². The van der Waals surface area contributed by atoms with Gasteiger partial charge in [0.05, 0.1) is 0 Å².